The van der Waals surface area contributed by atoms with Gasteiger partial charge >= 0.3 is 0 Å². The molecule has 4 nitrogen and oxygen atoms in total. The standard InChI is InChI=1S/C23H22N2O2S/c1-17-6-5-9-21(14-17)24-22(26)16-28-15-18-10-12-19(13-11-18)23(27)25-20-7-3-2-4-8-20/h2-14H,15-16H2,1H3,(H,24,26)(H,25,27). The zero-order valence-electron chi connectivity index (χ0n) is 15.6. The molecule has 142 valence electrons. The average molecular weight is 391 g/mol. The van der Waals surface area contributed by atoms with E-state index in [0.717, 1.165) is 22.5 Å². The highest BCUT2D eigenvalue weighted by Gasteiger charge is 2.07. The molecule has 3 aromatic carbocycles. The zero-order valence-corrected chi connectivity index (χ0v) is 16.5. The third-order valence-corrected chi connectivity index (χ3v) is 5.06. The Morgan fingerprint density at radius 1 is 0.821 bits per heavy atom. The summed E-state index contributed by atoms with van der Waals surface area (Å²) < 4.78 is 0. The number of anilines is 2. The van der Waals surface area contributed by atoms with Crippen molar-refractivity contribution >= 4 is 35.0 Å². The first-order valence-corrected chi connectivity index (χ1v) is 10.2. The number of benzene rings is 3. The summed E-state index contributed by atoms with van der Waals surface area (Å²) in [7, 11) is 0. The van der Waals surface area contributed by atoms with Crippen molar-refractivity contribution in [3.63, 3.8) is 0 Å². The minimum absolute atomic E-state index is 0.0190. The fraction of sp³-hybridized carbons (Fsp3) is 0.130. The summed E-state index contributed by atoms with van der Waals surface area (Å²) in [4.78, 5) is 24.3. The van der Waals surface area contributed by atoms with Crippen LogP contribution in [0.5, 0.6) is 0 Å². The number of carbonyl (C=O) groups excluding carboxylic acids is 2. The van der Waals surface area contributed by atoms with E-state index in [0.29, 0.717) is 17.1 Å². The van der Waals surface area contributed by atoms with E-state index in [-0.39, 0.29) is 11.8 Å². The molecule has 3 rings (SSSR count). The number of thioether (sulfide) groups is 1. The van der Waals surface area contributed by atoms with Crippen molar-refractivity contribution in [3.8, 4) is 0 Å². The van der Waals surface area contributed by atoms with Crippen LogP contribution in [0.15, 0.2) is 78.9 Å². The maximum atomic E-state index is 12.3. The van der Waals surface area contributed by atoms with Gasteiger partial charge in [-0.1, -0.05) is 42.5 Å². The summed E-state index contributed by atoms with van der Waals surface area (Å²) in [5, 5.41) is 5.77. The summed E-state index contributed by atoms with van der Waals surface area (Å²) in [6.07, 6.45) is 0. The van der Waals surface area contributed by atoms with Crippen LogP contribution < -0.4 is 10.6 Å². The molecular weight excluding hydrogens is 368 g/mol. The van der Waals surface area contributed by atoms with Crippen molar-refractivity contribution in [2.75, 3.05) is 16.4 Å². The Balaban J connectivity index is 1.45. The smallest absolute Gasteiger partial charge is 0.255 e. The molecule has 0 aliphatic carbocycles. The van der Waals surface area contributed by atoms with Gasteiger partial charge in [-0.3, -0.25) is 9.59 Å². The molecule has 0 bridgehead atoms. The van der Waals surface area contributed by atoms with E-state index in [1.54, 1.807) is 23.9 Å². The van der Waals surface area contributed by atoms with E-state index in [2.05, 4.69) is 10.6 Å². The first kappa shape index (κ1) is 19.7. The number of nitrogens with one attached hydrogen (secondary N) is 2. The van der Waals surface area contributed by atoms with E-state index < -0.39 is 0 Å². The molecule has 0 fully saturated rings. The summed E-state index contributed by atoms with van der Waals surface area (Å²) in [5.41, 5.74) is 4.38. The van der Waals surface area contributed by atoms with Crippen molar-refractivity contribution < 1.29 is 9.59 Å². The van der Waals surface area contributed by atoms with Crippen LogP contribution in [-0.4, -0.2) is 17.6 Å². The second-order valence-electron chi connectivity index (χ2n) is 6.43. The normalized spacial score (nSPS) is 10.3. The first-order valence-electron chi connectivity index (χ1n) is 9.00. The average Bonchev–Trinajstić information content (AvgIpc) is 2.69. The van der Waals surface area contributed by atoms with Gasteiger partial charge in [-0.15, -0.1) is 11.8 Å². The number of carbonyl (C=O) groups is 2. The van der Waals surface area contributed by atoms with Gasteiger partial charge in [0.05, 0.1) is 5.75 Å². The second kappa shape index (κ2) is 9.76. The number of amides is 2. The Kier molecular flexibility index (Phi) is 6.87. The summed E-state index contributed by atoms with van der Waals surface area (Å²) in [6, 6.07) is 24.6. The lowest BCUT2D eigenvalue weighted by Gasteiger charge is -2.07. The molecule has 0 radical (unpaired) electrons. The topological polar surface area (TPSA) is 58.2 Å². The van der Waals surface area contributed by atoms with E-state index in [4.69, 9.17) is 0 Å². The van der Waals surface area contributed by atoms with Crippen molar-refractivity contribution in [2.24, 2.45) is 0 Å². The van der Waals surface area contributed by atoms with E-state index in [9.17, 15) is 9.59 Å². The highest BCUT2D eigenvalue weighted by molar-refractivity contribution is 7.99. The predicted molar refractivity (Wildman–Crippen MR) is 117 cm³/mol. The molecule has 0 aliphatic heterocycles. The van der Waals surface area contributed by atoms with Crippen molar-refractivity contribution in [3.05, 3.63) is 95.6 Å². The van der Waals surface area contributed by atoms with Crippen LogP contribution in [0, 0.1) is 6.92 Å². The molecule has 0 unspecified atom stereocenters. The van der Waals surface area contributed by atoms with E-state index in [1.807, 2.05) is 73.7 Å². The Hall–Kier alpha value is -3.05. The Labute approximate surface area is 169 Å². The van der Waals surface area contributed by atoms with E-state index in [1.165, 1.54) is 0 Å². The fourth-order valence-electron chi connectivity index (χ4n) is 2.66. The number of rotatable bonds is 7. The van der Waals surface area contributed by atoms with Gasteiger partial charge in [0.15, 0.2) is 0 Å². The summed E-state index contributed by atoms with van der Waals surface area (Å²) in [5.74, 6) is 0.934. The molecule has 0 spiro atoms. The molecular formula is C23H22N2O2S. The van der Waals surface area contributed by atoms with Crippen LogP contribution in [0.2, 0.25) is 0 Å². The van der Waals surface area contributed by atoms with Gasteiger partial charge in [-0.05, 0) is 54.4 Å². The molecule has 28 heavy (non-hydrogen) atoms. The Morgan fingerprint density at radius 2 is 1.54 bits per heavy atom. The van der Waals surface area contributed by atoms with Gasteiger partial charge in [-0.25, -0.2) is 0 Å². The van der Waals surface area contributed by atoms with Crippen LogP contribution in [-0.2, 0) is 10.5 Å². The molecule has 2 amide bonds. The minimum Gasteiger partial charge on any atom is -0.325 e. The van der Waals surface area contributed by atoms with Crippen LogP contribution in [0.4, 0.5) is 11.4 Å². The SMILES string of the molecule is Cc1cccc(NC(=O)CSCc2ccc(C(=O)Nc3ccccc3)cc2)c1. The monoisotopic (exact) mass is 390 g/mol. The molecule has 2 N–H and O–H groups in total. The van der Waals surface area contributed by atoms with Crippen LogP contribution >= 0.6 is 11.8 Å². The van der Waals surface area contributed by atoms with Crippen LogP contribution in [0.1, 0.15) is 21.5 Å². The van der Waals surface area contributed by atoms with Crippen molar-refractivity contribution in [1.29, 1.82) is 0 Å². The van der Waals surface area contributed by atoms with Gasteiger partial charge in [0.2, 0.25) is 5.91 Å². The summed E-state index contributed by atoms with van der Waals surface area (Å²) in [6.45, 7) is 1.99. The Morgan fingerprint density at radius 3 is 2.25 bits per heavy atom. The molecule has 5 heteroatoms. The number of hydrogen-bond acceptors (Lipinski definition) is 3. The zero-order chi connectivity index (χ0) is 19.8. The summed E-state index contributed by atoms with van der Waals surface area (Å²) >= 11 is 1.54. The molecule has 0 saturated carbocycles. The van der Waals surface area contributed by atoms with Crippen molar-refractivity contribution in [1.82, 2.24) is 0 Å². The van der Waals surface area contributed by atoms with Crippen LogP contribution in [0.3, 0.4) is 0 Å². The van der Waals surface area contributed by atoms with Gasteiger partial charge in [0.25, 0.3) is 5.91 Å². The highest BCUT2D eigenvalue weighted by atomic mass is 32.2. The minimum atomic E-state index is -0.136. The van der Waals surface area contributed by atoms with Crippen LogP contribution in [0.25, 0.3) is 0 Å². The fourth-order valence-corrected chi connectivity index (χ4v) is 3.45. The molecule has 0 aliphatic rings. The molecule has 0 heterocycles. The lowest BCUT2D eigenvalue weighted by atomic mass is 10.1. The maximum absolute atomic E-state index is 12.3. The molecule has 0 aromatic heterocycles. The molecule has 0 atom stereocenters. The van der Waals surface area contributed by atoms with Gasteiger partial charge in [0.1, 0.15) is 0 Å². The van der Waals surface area contributed by atoms with Crippen molar-refractivity contribution in [2.45, 2.75) is 12.7 Å². The number of hydrogen-bond donors (Lipinski definition) is 2. The molecule has 3 aromatic rings. The first-order chi connectivity index (χ1) is 13.6. The lowest BCUT2D eigenvalue weighted by Crippen LogP contribution is -2.14. The second-order valence-corrected chi connectivity index (χ2v) is 7.41. The number of para-hydroxylation sites is 1. The van der Waals surface area contributed by atoms with Gasteiger partial charge in [-0.2, -0.15) is 0 Å². The predicted octanol–water partition coefficient (Wildman–Crippen LogP) is 5.12. The third-order valence-electron chi connectivity index (χ3n) is 4.05. The lowest BCUT2D eigenvalue weighted by molar-refractivity contribution is -0.113. The Bertz CT molecular complexity index is 940. The highest BCUT2D eigenvalue weighted by Crippen LogP contribution is 2.16. The van der Waals surface area contributed by atoms with Gasteiger partial charge < -0.3 is 10.6 Å². The third kappa shape index (κ3) is 5.99. The van der Waals surface area contributed by atoms with Gasteiger partial charge in [0, 0.05) is 22.7 Å². The van der Waals surface area contributed by atoms with E-state index >= 15 is 0 Å². The molecule has 0 saturated heterocycles. The quantitative estimate of drug-likeness (QED) is 0.589. The maximum Gasteiger partial charge on any atom is 0.255 e. The number of aryl methyl sites for hydroxylation is 1. The largest absolute Gasteiger partial charge is 0.325 e.